The minimum Gasteiger partial charge on any atom is -0.329 e. The molecular formula is C11H18ClN3O2S. The monoisotopic (exact) mass is 291 g/mol. The second kappa shape index (κ2) is 5.97. The molecule has 5 nitrogen and oxygen atoms in total. The number of halogens is 1. The Balaban J connectivity index is 0.00000162. The summed E-state index contributed by atoms with van der Waals surface area (Å²) in [5, 5.41) is 0. The Hall–Kier alpha value is -0.690. The summed E-state index contributed by atoms with van der Waals surface area (Å²) in [5.74, 6) is 0.413. The van der Waals surface area contributed by atoms with Crippen LogP contribution in [0.4, 0.5) is 0 Å². The van der Waals surface area contributed by atoms with E-state index in [1.165, 1.54) is 10.5 Å². The molecule has 1 fully saturated rings. The van der Waals surface area contributed by atoms with E-state index in [2.05, 4.69) is 4.98 Å². The summed E-state index contributed by atoms with van der Waals surface area (Å²) in [6, 6.07) is 3.08. The molecule has 1 saturated carbocycles. The van der Waals surface area contributed by atoms with Crippen molar-refractivity contribution in [3.05, 3.63) is 24.5 Å². The Morgan fingerprint density at radius 3 is 2.67 bits per heavy atom. The molecule has 0 radical (unpaired) electrons. The Morgan fingerprint density at radius 2 is 2.22 bits per heavy atom. The summed E-state index contributed by atoms with van der Waals surface area (Å²) in [6.45, 7) is 0.362. The van der Waals surface area contributed by atoms with Gasteiger partial charge in [0.2, 0.25) is 10.0 Å². The summed E-state index contributed by atoms with van der Waals surface area (Å²) < 4.78 is 26.0. The summed E-state index contributed by atoms with van der Waals surface area (Å²) in [6.07, 6.45) is 5.05. The van der Waals surface area contributed by atoms with Crippen molar-refractivity contribution < 1.29 is 8.42 Å². The first-order chi connectivity index (χ1) is 8.07. The molecule has 7 heteroatoms. The van der Waals surface area contributed by atoms with Crippen LogP contribution in [-0.4, -0.2) is 37.3 Å². The van der Waals surface area contributed by atoms with Crippen LogP contribution in [0, 0.1) is 5.92 Å². The molecule has 0 saturated heterocycles. The lowest BCUT2D eigenvalue weighted by Crippen LogP contribution is -2.43. The molecule has 0 spiro atoms. The highest BCUT2D eigenvalue weighted by atomic mass is 35.5. The van der Waals surface area contributed by atoms with Gasteiger partial charge in [0.25, 0.3) is 0 Å². The topological polar surface area (TPSA) is 76.3 Å². The molecule has 1 atom stereocenters. The fraction of sp³-hybridized carbons (Fsp3) is 0.545. The quantitative estimate of drug-likeness (QED) is 0.873. The number of aromatic nitrogens is 1. The second-order valence-corrected chi connectivity index (χ2v) is 6.35. The normalized spacial score (nSPS) is 17.3. The van der Waals surface area contributed by atoms with Gasteiger partial charge in [-0.3, -0.25) is 4.98 Å². The van der Waals surface area contributed by atoms with Crippen molar-refractivity contribution in [2.24, 2.45) is 11.7 Å². The maximum absolute atomic E-state index is 12.3. The van der Waals surface area contributed by atoms with Crippen molar-refractivity contribution >= 4 is 22.4 Å². The molecule has 0 aliphatic heterocycles. The van der Waals surface area contributed by atoms with Gasteiger partial charge in [0, 0.05) is 32.0 Å². The Bertz CT molecular complexity index is 476. The average Bonchev–Trinajstić information content (AvgIpc) is 3.15. The van der Waals surface area contributed by atoms with E-state index in [4.69, 9.17) is 5.73 Å². The first kappa shape index (κ1) is 15.4. The van der Waals surface area contributed by atoms with E-state index in [-0.39, 0.29) is 23.3 Å². The van der Waals surface area contributed by atoms with Crippen molar-refractivity contribution in [3.63, 3.8) is 0 Å². The predicted octanol–water partition coefficient (Wildman–Crippen LogP) is 0.861. The van der Waals surface area contributed by atoms with Crippen LogP contribution >= 0.6 is 12.4 Å². The molecule has 2 N–H and O–H groups in total. The summed E-state index contributed by atoms with van der Waals surface area (Å²) in [7, 11) is -1.87. The molecule has 1 aliphatic rings. The largest absolute Gasteiger partial charge is 0.329 e. The Morgan fingerprint density at radius 1 is 1.56 bits per heavy atom. The fourth-order valence-corrected chi connectivity index (χ4v) is 3.35. The van der Waals surface area contributed by atoms with Crippen LogP contribution < -0.4 is 5.73 Å². The lowest BCUT2D eigenvalue weighted by molar-refractivity contribution is 0.340. The number of pyridine rings is 1. The smallest absolute Gasteiger partial charge is 0.244 e. The number of nitrogens with two attached hydrogens (primary N) is 1. The number of sulfonamides is 1. The van der Waals surface area contributed by atoms with E-state index in [1.54, 1.807) is 25.4 Å². The third-order valence-electron chi connectivity index (χ3n) is 3.19. The van der Waals surface area contributed by atoms with Gasteiger partial charge in [-0.2, -0.15) is 4.31 Å². The molecule has 1 aromatic heterocycles. The van der Waals surface area contributed by atoms with Crippen molar-refractivity contribution in [1.29, 1.82) is 0 Å². The van der Waals surface area contributed by atoms with E-state index in [0.29, 0.717) is 12.5 Å². The van der Waals surface area contributed by atoms with Gasteiger partial charge >= 0.3 is 0 Å². The minimum atomic E-state index is -3.46. The molecule has 0 aromatic carbocycles. The van der Waals surface area contributed by atoms with Gasteiger partial charge in [0.05, 0.1) is 0 Å². The van der Waals surface area contributed by atoms with E-state index in [9.17, 15) is 8.42 Å². The third kappa shape index (κ3) is 3.00. The van der Waals surface area contributed by atoms with Crippen molar-refractivity contribution in [1.82, 2.24) is 9.29 Å². The fourth-order valence-electron chi connectivity index (χ4n) is 1.96. The third-order valence-corrected chi connectivity index (χ3v) is 5.05. The van der Waals surface area contributed by atoms with Gasteiger partial charge in [-0.15, -0.1) is 12.4 Å². The number of nitrogens with zero attached hydrogens (tertiary/aromatic N) is 2. The van der Waals surface area contributed by atoms with Gasteiger partial charge < -0.3 is 5.73 Å². The minimum absolute atomic E-state index is 0. The first-order valence-corrected chi connectivity index (χ1v) is 7.09. The highest BCUT2D eigenvalue weighted by molar-refractivity contribution is 7.89. The standard InChI is InChI=1S/C11H17N3O2S.ClH/c1-14(11(7-12)9-4-5-9)17(15,16)10-3-2-6-13-8-10;/h2-3,6,8-9,11H,4-5,7,12H2,1H3;1H. The van der Waals surface area contributed by atoms with Gasteiger partial charge in [0.1, 0.15) is 4.90 Å². The van der Waals surface area contributed by atoms with Crippen LogP contribution in [0.1, 0.15) is 12.8 Å². The van der Waals surface area contributed by atoms with Crippen LogP contribution in [0.15, 0.2) is 29.4 Å². The van der Waals surface area contributed by atoms with Crippen molar-refractivity contribution in [2.45, 2.75) is 23.8 Å². The summed E-state index contributed by atoms with van der Waals surface area (Å²) in [5.41, 5.74) is 5.67. The zero-order valence-electron chi connectivity index (χ0n) is 10.2. The van der Waals surface area contributed by atoms with E-state index in [0.717, 1.165) is 12.8 Å². The second-order valence-electron chi connectivity index (χ2n) is 4.35. The predicted molar refractivity (Wildman–Crippen MR) is 72.0 cm³/mol. The molecule has 1 aromatic rings. The van der Waals surface area contributed by atoms with Crippen LogP contribution in [-0.2, 0) is 10.0 Å². The number of likely N-dealkylation sites (N-methyl/N-ethyl adjacent to an activating group) is 1. The highest BCUT2D eigenvalue weighted by Gasteiger charge is 2.38. The maximum atomic E-state index is 12.3. The molecule has 2 rings (SSSR count). The molecule has 1 heterocycles. The van der Waals surface area contributed by atoms with Gasteiger partial charge in [-0.1, -0.05) is 0 Å². The summed E-state index contributed by atoms with van der Waals surface area (Å²) in [4.78, 5) is 4.07. The van der Waals surface area contributed by atoms with Crippen LogP contribution in [0.2, 0.25) is 0 Å². The molecule has 18 heavy (non-hydrogen) atoms. The number of hydrogen-bond donors (Lipinski definition) is 1. The van der Waals surface area contributed by atoms with Crippen LogP contribution in [0.25, 0.3) is 0 Å². The highest BCUT2D eigenvalue weighted by Crippen LogP contribution is 2.36. The van der Waals surface area contributed by atoms with Gasteiger partial charge in [-0.25, -0.2) is 8.42 Å². The first-order valence-electron chi connectivity index (χ1n) is 5.65. The van der Waals surface area contributed by atoms with E-state index in [1.807, 2.05) is 0 Å². The Labute approximate surface area is 114 Å². The number of rotatable bonds is 5. The van der Waals surface area contributed by atoms with E-state index >= 15 is 0 Å². The molecule has 102 valence electrons. The zero-order chi connectivity index (χ0) is 12.5. The van der Waals surface area contributed by atoms with E-state index < -0.39 is 10.0 Å². The molecule has 0 amide bonds. The zero-order valence-corrected chi connectivity index (χ0v) is 11.8. The molecular weight excluding hydrogens is 274 g/mol. The lowest BCUT2D eigenvalue weighted by atomic mass is 10.2. The van der Waals surface area contributed by atoms with Crippen LogP contribution in [0.3, 0.4) is 0 Å². The molecule has 1 aliphatic carbocycles. The van der Waals surface area contributed by atoms with Crippen LogP contribution in [0.5, 0.6) is 0 Å². The lowest BCUT2D eigenvalue weighted by Gasteiger charge is -2.26. The maximum Gasteiger partial charge on any atom is 0.244 e. The van der Waals surface area contributed by atoms with Gasteiger partial charge in [-0.05, 0) is 30.9 Å². The summed E-state index contributed by atoms with van der Waals surface area (Å²) >= 11 is 0. The van der Waals surface area contributed by atoms with Gasteiger partial charge in [0.15, 0.2) is 0 Å². The molecule has 0 bridgehead atoms. The average molecular weight is 292 g/mol. The van der Waals surface area contributed by atoms with Crippen molar-refractivity contribution in [2.75, 3.05) is 13.6 Å². The SMILES string of the molecule is CN(C(CN)C1CC1)S(=O)(=O)c1cccnc1.Cl. The van der Waals surface area contributed by atoms with Crippen molar-refractivity contribution in [3.8, 4) is 0 Å². The number of hydrogen-bond acceptors (Lipinski definition) is 4. The molecule has 1 unspecified atom stereocenters. The Kier molecular flexibility index (Phi) is 5.10.